The van der Waals surface area contributed by atoms with Gasteiger partial charge in [0.1, 0.15) is 6.10 Å². The van der Waals surface area contributed by atoms with Crippen molar-refractivity contribution >= 4 is 5.78 Å². The van der Waals surface area contributed by atoms with Crippen LogP contribution in [-0.4, -0.2) is 42.5 Å². The van der Waals surface area contributed by atoms with Crippen molar-refractivity contribution in [2.24, 2.45) is 0 Å². The van der Waals surface area contributed by atoms with Gasteiger partial charge in [-0.2, -0.15) is 0 Å². The van der Waals surface area contributed by atoms with E-state index in [2.05, 4.69) is 37.8 Å². The van der Waals surface area contributed by atoms with Gasteiger partial charge in [-0.1, -0.05) is 37.6 Å². The van der Waals surface area contributed by atoms with E-state index in [4.69, 9.17) is 4.74 Å². The number of carbonyl (C=O) groups excluding carboxylic acids is 1. The summed E-state index contributed by atoms with van der Waals surface area (Å²) in [6.45, 7) is 8.74. The number of ketones is 1. The lowest BCUT2D eigenvalue weighted by molar-refractivity contribution is -0.0256. The number of benzene rings is 1. The number of Topliss-reactive ketones (excluding diaryl/α,β-unsaturated/α-hetero) is 1. The van der Waals surface area contributed by atoms with Gasteiger partial charge in [-0.25, -0.2) is 0 Å². The number of carbonyl (C=O) groups is 1. The fourth-order valence-corrected chi connectivity index (χ4v) is 2.61. The molecule has 110 valence electrons. The molecule has 0 aromatic heterocycles. The van der Waals surface area contributed by atoms with Gasteiger partial charge >= 0.3 is 0 Å². The lowest BCUT2D eigenvalue weighted by atomic mass is 10.0. The van der Waals surface area contributed by atoms with Crippen molar-refractivity contribution in [3.63, 3.8) is 0 Å². The second kappa shape index (κ2) is 7.00. The van der Waals surface area contributed by atoms with Crippen LogP contribution in [0.25, 0.3) is 0 Å². The first kappa shape index (κ1) is 15.2. The van der Waals surface area contributed by atoms with Crippen LogP contribution >= 0.6 is 0 Å². The molecule has 0 saturated carbocycles. The number of aryl methyl sites for hydroxylation is 1. The Kier molecular flexibility index (Phi) is 5.32. The van der Waals surface area contributed by atoms with Crippen LogP contribution in [0.5, 0.6) is 0 Å². The highest BCUT2D eigenvalue weighted by atomic mass is 16.5. The van der Waals surface area contributed by atoms with Crippen LogP contribution in [0.1, 0.15) is 43.1 Å². The first-order valence-electron chi connectivity index (χ1n) is 7.60. The smallest absolute Gasteiger partial charge is 0.192 e. The molecule has 1 aliphatic rings. The van der Waals surface area contributed by atoms with Gasteiger partial charge in [0, 0.05) is 24.7 Å². The Morgan fingerprint density at radius 3 is 2.65 bits per heavy atom. The highest BCUT2D eigenvalue weighted by molar-refractivity contribution is 5.99. The Morgan fingerprint density at radius 2 is 2.05 bits per heavy atom. The minimum absolute atomic E-state index is 0.110. The molecule has 20 heavy (non-hydrogen) atoms. The van der Waals surface area contributed by atoms with Gasteiger partial charge < -0.3 is 4.74 Å². The van der Waals surface area contributed by atoms with Crippen LogP contribution in [0.2, 0.25) is 0 Å². The fraction of sp³-hybridized carbons (Fsp3) is 0.588. The molecule has 1 aromatic rings. The van der Waals surface area contributed by atoms with E-state index in [0.29, 0.717) is 19.2 Å². The normalized spacial score (nSPS) is 20.3. The summed E-state index contributed by atoms with van der Waals surface area (Å²) in [4.78, 5) is 14.8. The van der Waals surface area contributed by atoms with E-state index in [1.807, 2.05) is 12.1 Å². The molecule has 3 nitrogen and oxygen atoms in total. The average Bonchev–Trinajstić information content (AvgIpc) is 2.48. The van der Waals surface area contributed by atoms with E-state index in [-0.39, 0.29) is 11.9 Å². The van der Waals surface area contributed by atoms with Crippen molar-refractivity contribution < 1.29 is 9.53 Å². The second-order valence-electron chi connectivity index (χ2n) is 5.76. The van der Waals surface area contributed by atoms with E-state index in [1.165, 1.54) is 5.56 Å². The molecule has 2 rings (SSSR count). The molecular weight excluding hydrogens is 250 g/mol. The summed E-state index contributed by atoms with van der Waals surface area (Å²) >= 11 is 0. The zero-order valence-corrected chi connectivity index (χ0v) is 12.8. The molecule has 1 unspecified atom stereocenters. The third-order valence-corrected chi connectivity index (χ3v) is 3.90. The zero-order chi connectivity index (χ0) is 14.5. The highest BCUT2D eigenvalue weighted by Crippen LogP contribution is 2.15. The molecule has 1 atom stereocenters. The topological polar surface area (TPSA) is 29.5 Å². The van der Waals surface area contributed by atoms with Gasteiger partial charge in [0.25, 0.3) is 0 Å². The van der Waals surface area contributed by atoms with E-state index >= 15 is 0 Å². The maximum absolute atomic E-state index is 12.5. The zero-order valence-electron chi connectivity index (χ0n) is 12.8. The Morgan fingerprint density at radius 1 is 1.35 bits per heavy atom. The van der Waals surface area contributed by atoms with Gasteiger partial charge in [0.15, 0.2) is 5.78 Å². The lowest BCUT2D eigenvalue weighted by Crippen LogP contribution is -2.48. The number of nitrogens with zero attached hydrogens (tertiary/aromatic N) is 1. The predicted molar refractivity (Wildman–Crippen MR) is 81.2 cm³/mol. The van der Waals surface area contributed by atoms with Crippen molar-refractivity contribution in [2.45, 2.75) is 45.8 Å². The van der Waals surface area contributed by atoms with Crippen LogP contribution < -0.4 is 0 Å². The average molecular weight is 275 g/mol. The van der Waals surface area contributed by atoms with Gasteiger partial charge in [-0.3, -0.25) is 9.69 Å². The molecule has 0 amide bonds. The number of hydrogen-bond acceptors (Lipinski definition) is 3. The number of ether oxygens (including phenoxy) is 1. The molecule has 0 spiro atoms. The largest absolute Gasteiger partial charge is 0.367 e. The SMILES string of the molecule is CCCc1ccc(C(=O)C2CN(C(C)C)CCO2)cc1. The molecule has 0 radical (unpaired) electrons. The number of hydrogen-bond donors (Lipinski definition) is 0. The summed E-state index contributed by atoms with van der Waals surface area (Å²) in [5.74, 6) is 0.110. The summed E-state index contributed by atoms with van der Waals surface area (Å²) in [6, 6.07) is 8.44. The minimum Gasteiger partial charge on any atom is -0.367 e. The maximum Gasteiger partial charge on any atom is 0.192 e. The highest BCUT2D eigenvalue weighted by Gasteiger charge is 2.28. The van der Waals surface area contributed by atoms with E-state index in [0.717, 1.165) is 24.9 Å². The van der Waals surface area contributed by atoms with Crippen molar-refractivity contribution in [1.82, 2.24) is 4.90 Å². The molecule has 0 aliphatic carbocycles. The Balaban J connectivity index is 2.02. The first-order valence-corrected chi connectivity index (χ1v) is 7.60. The maximum atomic E-state index is 12.5. The number of morpholine rings is 1. The third-order valence-electron chi connectivity index (χ3n) is 3.90. The Hall–Kier alpha value is -1.19. The van der Waals surface area contributed by atoms with E-state index in [1.54, 1.807) is 0 Å². The summed E-state index contributed by atoms with van der Waals surface area (Å²) in [7, 11) is 0. The standard InChI is InChI=1S/C17H25NO2/c1-4-5-14-6-8-15(9-7-14)17(19)16-12-18(13(2)3)10-11-20-16/h6-9,13,16H,4-5,10-12H2,1-3H3. The van der Waals surface area contributed by atoms with Crippen LogP contribution in [0.4, 0.5) is 0 Å². The molecule has 0 bridgehead atoms. The van der Waals surface area contributed by atoms with Crippen molar-refractivity contribution in [2.75, 3.05) is 19.7 Å². The molecule has 1 aromatic carbocycles. The van der Waals surface area contributed by atoms with Crippen molar-refractivity contribution in [3.8, 4) is 0 Å². The van der Waals surface area contributed by atoms with E-state index in [9.17, 15) is 4.79 Å². The Bertz CT molecular complexity index is 439. The molecule has 3 heteroatoms. The summed E-state index contributed by atoms with van der Waals surface area (Å²) in [5, 5.41) is 0. The molecule has 1 heterocycles. The van der Waals surface area contributed by atoms with Crippen LogP contribution in [0.3, 0.4) is 0 Å². The fourth-order valence-electron chi connectivity index (χ4n) is 2.61. The summed E-state index contributed by atoms with van der Waals surface area (Å²) in [5.41, 5.74) is 2.05. The summed E-state index contributed by atoms with van der Waals surface area (Å²) in [6.07, 6.45) is 1.88. The monoisotopic (exact) mass is 275 g/mol. The van der Waals surface area contributed by atoms with Crippen molar-refractivity contribution in [3.05, 3.63) is 35.4 Å². The molecule has 1 fully saturated rings. The molecule has 0 N–H and O–H groups in total. The third kappa shape index (κ3) is 3.68. The Labute approximate surface area is 121 Å². The van der Waals surface area contributed by atoms with Crippen LogP contribution in [0, 0.1) is 0 Å². The van der Waals surface area contributed by atoms with Crippen molar-refractivity contribution in [1.29, 1.82) is 0 Å². The van der Waals surface area contributed by atoms with Gasteiger partial charge in [-0.05, 0) is 25.8 Å². The predicted octanol–water partition coefficient (Wildman–Crippen LogP) is 2.93. The molecular formula is C17H25NO2. The van der Waals surface area contributed by atoms with Gasteiger partial charge in [0.05, 0.1) is 6.61 Å². The minimum atomic E-state index is -0.317. The summed E-state index contributed by atoms with van der Waals surface area (Å²) < 4.78 is 5.66. The number of rotatable bonds is 5. The van der Waals surface area contributed by atoms with Crippen LogP contribution in [0.15, 0.2) is 24.3 Å². The second-order valence-corrected chi connectivity index (χ2v) is 5.76. The lowest BCUT2D eigenvalue weighted by Gasteiger charge is -2.34. The van der Waals surface area contributed by atoms with Gasteiger partial charge in [-0.15, -0.1) is 0 Å². The van der Waals surface area contributed by atoms with Gasteiger partial charge in [0.2, 0.25) is 0 Å². The molecule has 1 aliphatic heterocycles. The first-order chi connectivity index (χ1) is 9.61. The van der Waals surface area contributed by atoms with E-state index < -0.39 is 0 Å². The quantitative estimate of drug-likeness (QED) is 0.774. The molecule has 1 saturated heterocycles. The van der Waals surface area contributed by atoms with Crippen LogP contribution in [-0.2, 0) is 11.2 Å².